The van der Waals surface area contributed by atoms with Crippen LogP contribution in [-0.2, 0) is 9.59 Å². The number of nitriles is 1. The molecule has 1 atom stereocenters. The van der Waals surface area contributed by atoms with Gasteiger partial charge in [0.2, 0.25) is 0 Å². The van der Waals surface area contributed by atoms with E-state index in [-0.39, 0.29) is 11.1 Å². The van der Waals surface area contributed by atoms with Crippen LogP contribution in [0.5, 0.6) is 0 Å². The van der Waals surface area contributed by atoms with Gasteiger partial charge in [0.1, 0.15) is 6.04 Å². The van der Waals surface area contributed by atoms with Crippen LogP contribution in [-0.4, -0.2) is 34.1 Å². The third-order valence-corrected chi connectivity index (χ3v) is 2.24. The molecule has 0 aliphatic carbocycles. The zero-order valence-corrected chi connectivity index (χ0v) is 9.66. The summed E-state index contributed by atoms with van der Waals surface area (Å²) in [4.78, 5) is 33.0. The SMILES string of the molecule is N#Cc1cccc(C(=O)N[C@@H](CC(=O)O)C(=O)O)c1. The fraction of sp³-hybridized carbons (Fsp3) is 0.167. The van der Waals surface area contributed by atoms with Crippen LogP contribution in [0.15, 0.2) is 24.3 Å². The molecule has 0 fully saturated rings. The van der Waals surface area contributed by atoms with Gasteiger partial charge in [-0.3, -0.25) is 9.59 Å². The highest BCUT2D eigenvalue weighted by molar-refractivity contribution is 5.97. The van der Waals surface area contributed by atoms with E-state index in [0.717, 1.165) is 0 Å². The van der Waals surface area contributed by atoms with Gasteiger partial charge in [0, 0.05) is 5.56 Å². The number of carbonyl (C=O) groups is 3. The average molecular weight is 262 g/mol. The predicted molar refractivity (Wildman–Crippen MR) is 62.3 cm³/mol. The maximum atomic E-state index is 11.7. The van der Waals surface area contributed by atoms with E-state index in [1.165, 1.54) is 24.3 Å². The van der Waals surface area contributed by atoms with Gasteiger partial charge in [-0.05, 0) is 18.2 Å². The molecule has 0 aliphatic rings. The molecular weight excluding hydrogens is 252 g/mol. The molecule has 0 aliphatic heterocycles. The van der Waals surface area contributed by atoms with E-state index in [4.69, 9.17) is 15.5 Å². The maximum absolute atomic E-state index is 11.7. The van der Waals surface area contributed by atoms with Crippen molar-refractivity contribution < 1.29 is 24.6 Å². The highest BCUT2D eigenvalue weighted by atomic mass is 16.4. The number of carboxylic acid groups (broad SMARTS) is 2. The van der Waals surface area contributed by atoms with Crippen LogP contribution < -0.4 is 5.32 Å². The summed E-state index contributed by atoms with van der Waals surface area (Å²) in [6.45, 7) is 0. The first-order valence-corrected chi connectivity index (χ1v) is 5.19. The van der Waals surface area contributed by atoms with Gasteiger partial charge in [-0.1, -0.05) is 6.07 Å². The van der Waals surface area contributed by atoms with Crippen LogP contribution in [0.2, 0.25) is 0 Å². The normalized spacial score (nSPS) is 11.1. The molecule has 1 aromatic carbocycles. The summed E-state index contributed by atoms with van der Waals surface area (Å²) in [5, 5.41) is 28.1. The van der Waals surface area contributed by atoms with Crippen molar-refractivity contribution in [2.24, 2.45) is 0 Å². The van der Waals surface area contributed by atoms with E-state index in [2.05, 4.69) is 5.32 Å². The van der Waals surface area contributed by atoms with E-state index in [0.29, 0.717) is 0 Å². The van der Waals surface area contributed by atoms with Crippen LogP contribution in [0.25, 0.3) is 0 Å². The number of hydrogen-bond acceptors (Lipinski definition) is 4. The summed E-state index contributed by atoms with van der Waals surface area (Å²) in [5.41, 5.74) is 0.341. The van der Waals surface area contributed by atoms with E-state index < -0.39 is 30.3 Å². The largest absolute Gasteiger partial charge is 0.481 e. The number of nitrogens with zero attached hydrogens (tertiary/aromatic N) is 1. The average Bonchev–Trinajstić information content (AvgIpc) is 2.37. The van der Waals surface area contributed by atoms with Gasteiger partial charge in [-0.25, -0.2) is 4.79 Å². The van der Waals surface area contributed by atoms with E-state index >= 15 is 0 Å². The van der Waals surface area contributed by atoms with E-state index in [1.54, 1.807) is 0 Å². The Bertz CT molecular complexity index is 561. The van der Waals surface area contributed by atoms with Crippen molar-refractivity contribution in [2.45, 2.75) is 12.5 Å². The fourth-order valence-corrected chi connectivity index (χ4v) is 1.35. The Hall–Kier alpha value is -2.88. The number of nitrogens with one attached hydrogen (secondary N) is 1. The van der Waals surface area contributed by atoms with Gasteiger partial charge in [-0.15, -0.1) is 0 Å². The molecule has 1 aromatic rings. The first kappa shape index (κ1) is 14.2. The highest BCUT2D eigenvalue weighted by Gasteiger charge is 2.23. The first-order chi connectivity index (χ1) is 8.93. The standard InChI is InChI=1S/C12H10N2O5/c13-6-7-2-1-3-8(4-7)11(17)14-9(12(18)19)5-10(15)16/h1-4,9H,5H2,(H,14,17)(H,15,16)(H,18,19)/t9-/m0/s1. The number of carboxylic acids is 2. The quantitative estimate of drug-likeness (QED) is 0.696. The van der Waals surface area contributed by atoms with Crippen molar-refractivity contribution in [3.05, 3.63) is 35.4 Å². The van der Waals surface area contributed by atoms with Crippen LogP contribution in [0.1, 0.15) is 22.3 Å². The molecule has 0 saturated carbocycles. The maximum Gasteiger partial charge on any atom is 0.326 e. The zero-order valence-electron chi connectivity index (χ0n) is 9.66. The minimum absolute atomic E-state index is 0.0932. The molecule has 1 rings (SSSR count). The Morgan fingerprint density at radius 2 is 2.00 bits per heavy atom. The highest BCUT2D eigenvalue weighted by Crippen LogP contribution is 2.05. The van der Waals surface area contributed by atoms with Crippen molar-refractivity contribution in [1.82, 2.24) is 5.32 Å². The molecule has 3 N–H and O–H groups in total. The molecule has 7 heteroatoms. The van der Waals surface area contributed by atoms with Gasteiger partial charge >= 0.3 is 11.9 Å². The Kier molecular flexibility index (Phi) is 4.60. The summed E-state index contributed by atoms with van der Waals surface area (Å²) < 4.78 is 0. The van der Waals surface area contributed by atoms with Crippen LogP contribution in [0.4, 0.5) is 0 Å². The molecule has 0 bridgehead atoms. The predicted octanol–water partition coefficient (Wildman–Crippen LogP) is 0.216. The minimum Gasteiger partial charge on any atom is -0.481 e. The molecule has 1 amide bonds. The molecule has 98 valence electrons. The number of carbonyl (C=O) groups excluding carboxylic acids is 1. The number of rotatable bonds is 5. The second-order valence-electron chi connectivity index (χ2n) is 3.65. The minimum atomic E-state index is -1.52. The van der Waals surface area contributed by atoms with Crippen LogP contribution in [0, 0.1) is 11.3 Å². The van der Waals surface area contributed by atoms with Gasteiger partial charge in [0.05, 0.1) is 18.1 Å². The smallest absolute Gasteiger partial charge is 0.326 e. The van der Waals surface area contributed by atoms with E-state index in [1.807, 2.05) is 6.07 Å². The van der Waals surface area contributed by atoms with Crippen LogP contribution in [0.3, 0.4) is 0 Å². The molecular formula is C12H10N2O5. The Labute approximate surface area is 108 Å². The third-order valence-electron chi connectivity index (χ3n) is 2.24. The van der Waals surface area contributed by atoms with Crippen molar-refractivity contribution in [2.75, 3.05) is 0 Å². The van der Waals surface area contributed by atoms with Gasteiger partial charge < -0.3 is 15.5 Å². The molecule has 0 saturated heterocycles. The van der Waals surface area contributed by atoms with Crippen molar-refractivity contribution in [3.8, 4) is 6.07 Å². The van der Waals surface area contributed by atoms with Crippen LogP contribution >= 0.6 is 0 Å². The number of amides is 1. The number of benzene rings is 1. The van der Waals surface area contributed by atoms with E-state index in [9.17, 15) is 14.4 Å². The summed E-state index contributed by atoms with van der Waals surface area (Å²) in [7, 11) is 0. The lowest BCUT2D eigenvalue weighted by molar-refractivity contribution is -0.145. The topological polar surface area (TPSA) is 127 Å². The van der Waals surface area contributed by atoms with Crippen molar-refractivity contribution >= 4 is 17.8 Å². The first-order valence-electron chi connectivity index (χ1n) is 5.19. The Morgan fingerprint density at radius 3 is 2.53 bits per heavy atom. The molecule has 0 radical (unpaired) electrons. The molecule has 0 aromatic heterocycles. The molecule has 7 nitrogen and oxygen atoms in total. The summed E-state index contributed by atoms with van der Waals surface area (Å²) >= 11 is 0. The molecule has 19 heavy (non-hydrogen) atoms. The Balaban J connectivity index is 2.85. The number of aliphatic carboxylic acids is 2. The summed E-state index contributed by atoms with van der Waals surface area (Å²) in [6.07, 6.45) is -0.723. The Morgan fingerprint density at radius 1 is 1.32 bits per heavy atom. The second kappa shape index (κ2) is 6.16. The zero-order chi connectivity index (χ0) is 14.4. The molecule has 0 spiro atoms. The molecule has 0 unspecified atom stereocenters. The lowest BCUT2D eigenvalue weighted by Crippen LogP contribution is -2.42. The summed E-state index contributed by atoms with van der Waals surface area (Å²) in [5.74, 6) is -3.52. The lowest BCUT2D eigenvalue weighted by Gasteiger charge is -2.12. The van der Waals surface area contributed by atoms with Gasteiger partial charge in [0.15, 0.2) is 0 Å². The van der Waals surface area contributed by atoms with Gasteiger partial charge in [-0.2, -0.15) is 5.26 Å². The monoisotopic (exact) mass is 262 g/mol. The fourth-order valence-electron chi connectivity index (χ4n) is 1.35. The second-order valence-corrected chi connectivity index (χ2v) is 3.65. The third kappa shape index (κ3) is 4.12. The number of hydrogen-bond donors (Lipinski definition) is 3. The summed E-state index contributed by atoms with van der Waals surface area (Å²) in [6, 6.07) is 5.97. The van der Waals surface area contributed by atoms with Crippen molar-refractivity contribution in [3.63, 3.8) is 0 Å². The molecule has 0 heterocycles. The van der Waals surface area contributed by atoms with Gasteiger partial charge in [0.25, 0.3) is 5.91 Å². The lowest BCUT2D eigenvalue weighted by atomic mass is 10.1. The van der Waals surface area contributed by atoms with Crippen molar-refractivity contribution in [1.29, 1.82) is 5.26 Å².